The summed E-state index contributed by atoms with van der Waals surface area (Å²) in [6.07, 6.45) is 0. The Morgan fingerprint density at radius 1 is 1.10 bits per heavy atom. The lowest BCUT2D eigenvalue weighted by Gasteiger charge is -2.16. The topological polar surface area (TPSA) is 96.0 Å². The molecule has 1 atom stereocenters. The summed E-state index contributed by atoms with van der Waals surface area (Å²) >= 11 is 12.4. The summed E-state index contributed by atoms with van der Waals surface area (Å²) in [4.78, 5) is 22.7. The minimum atomic E-state index is -0.590. The van der Waals surface area contributed by atoms with Gasteiger partial charge in [-0.2, -0.15) is 5.26 Å². The molecule has 0 saturated carbocycles. The number of aryl methyl sites for hydroxylation is 1. The molecule has 0 aliphatic carbocycles. The first kappa shape index (κ1) is 21.3. The predicted molar refractivity (Wildman–Crippen MR) is 116 cm³/mol. The van der Waals surface area contributed by atoms with Crippen molar-refractivity contribution >= 4 is 40.5 Å². The summed E-state index contributed by atoms with van der Waals surface area (Å²) in [5.41, 5.74) is 2.76. The fourth-order valence-electron chi connectivity index (χ4n) is 2.97. The van der Waals surface area contributed by atoms with Crippen LogP contribution in [0.25, 0.3) is 0 Å². The van der Waals surface area contributed by atoms with Gasteiger partial charge in [-0.15, -0.1) is 0 Å². The number of carbonyl (C=O) groups is 1. The van der Waals surface area contributed by atoms with E-state index >= 15 is 0 Å². The number of nitriles is 1. The van der Waals surface area contributed by atoms with Gasteiger partial charge in [0.05, 0.1) is 16.9 Å². The van der Waals surface area contributed by atoms with Gasteiger partial charge in [-0.3, -0.25) is 14.9 Å². The molecule has 1 N–H and O–H groups in total. The average Bonchev–Trinajstić information content (AvgIpc) is 2.73. The zero-order chi connectivity index (χ0) is 21.8. The third-order valence-electron chi connectivity index (χ3n) is 4.58. The summed E-state index contributed by atoms with van der Waals surface area (Å²) < 4.78 is 0. The van der Waals surface area contributed by atoms with Crippen LogP contribution in [-0.4, -0.2) is 10.8 Å². The molecule has 0 saturated heterocycles. The molecule has 30 heavy (non-hydrogen) atoms. The number of nitrogens with zero attached hydrogens (tertiary/aromatic N) is 2. The van der Waals surface area contributed by atoms with E-state index in [1.165, 1.54) is 24.3 Å². The Hall–Kier alpha value is -3.40. The molecule has 6 nitrogen and oxygen atoms in total. The summed E-state index contributed by atoms with van der Waals surface area (Å²) in [6, 6.07) is 17.9. The molecule has 0 bridgehead atoms. The molecule has 0 radical (unpaired) electrons. The summed E-state index contributed by atoms with van der Waals surface area (Å²) in [5.74, 6) is -1.01. The Morgan fingerprint density at radius 3 is 2.30 bits per heavy atom. The Kier molecular flexibility index (Phi) is 6.36. The van der Waals surface area contributed by atoms with Gasteiger partial charge in [0.15, 0.2) is 0 Å². The molecule has 1 amide bonds. The third kappa shape index (κ3) is 4.60. The molecule has 3 rings (SSSR count). The number of non-ortho nitro benzene ring substituents is 1. The minimum absolute atomic E-state index is 0.0973. The molecule has 3 aromatic carbocycles. The number of nitro groups is 1. The summed E-state index contributed by atoms with van der Waals surface area (Å²) in [6.45, 7) is 1.79. The number of hydrogen-bond acceptors (Lipinski definition) is 4. The van der Waals surface area contributed by atoms with Crippen LogP contribution < -0.4 is 5.32 Å². The van der Waals surface area contributed by atoms with Crippen molar-refractivity contribution in [2.24, 2.45) is 0 Å². The molecular weight excluding hydrogens is 425 g/mol. The summed E-state index contributed by atoms with van der Waals surface area (Å²) in [5, 5.41) is 24.1. The largest absolute Gasteiger partial charge is 0.322 e. The number of carbonyl (C=O) groups excluding carboxylic acids is 1. The van der Waals surface area contributed by atoms with Gasteiger partial charge < -0.3 is 5.32 Å². The maximum Gasteiger partial charge on any atom is 0.269 e. The van der Waals surface area contributed by atoms with Crippen molar-refractivity contribution in [1.29, 1.82) is 5.26 Å². The maximum atomic E-state index is 12.5. The molecule has 8 heteroatoms. The second-order valence-corrected chi connectivity index (χ2v) is 7.40. The molecule has 150 valence electrons. The van der Waals surface area contributed by atoms with E-state index in [1.54, 1.807) is 43.3 Å². The number of benzene rings is 3. The zero-order valence-electron chi connectivity index (χ0n) is 15.7. The Labute approximate surface area is 182 Å². The van der Waals surface area contributed by atoms with Crippen molar-refractivity contribution in [2.45, 2.75) is 12.8 Å². The van der Waals surface area contributed by atoms with Gasteiger partial charge in [0.1, 0.15) is 0 Å². The van der Waals surface area contributed by atoms with Gasteiger partial charge in [-0.25, -0.2) is 0 Å². The average molecular weight is 440 g/mol. The van der Waals surface area contributed by atoms with E-state index in [0.717, 1.165) is 11.1 Å². The van der Waals surface area contributed by atoms with Crippen LogP contribution in [0.15, 0.2) is 60.7 Å². The lowest BCUT2D eigenvalue weighted by Crippen LogP contribution is -2.13. The fraction of sp³-hybridized carbons (Fsp3) is 0.0909. The highest BCUT2D eigenvalue weighted by atomic mass is 35.5. The van der Waals surface area contributed by atoms with Crippen molar-refractivity contribution in [3.8, 4) is 6.07 Å². The lowest BCUT2D eigenvalue weighted by molar-refractivity contribution is -0.384. The first-order valence-electron chi connectivity index (χ1n) is 8.81. The monoisotopic (exact) mass is 439 g/mol. The normalized spacial score (nSPS) is 11.4. The predicted octanol–water partition coefficient (Wildman–Crippen LogP) is 6.12. The van der Waals surface area contributed by atoms with Gasteiger partial charge in [0.25, 0.3) is 11.6 Å². The van der Waals surface area contributed by atoms with E-state index in [1.807, 2.05) is 0 Å². The first-order chi connectivity index (χ1) is 14.3. The second kappa shape index (κ2) is 8.95. The molecule has 0 unspecified atom stereocenters. The summed E-state index contributed by atoms with van der Waals surface area (Å²) in [7, 11) is 0. The third-order valence-corrected chi connectivity index (χ3v) is 5.15. The maximum absolute atomic E-state index is 12.5. The van der Waals surface area contributed by atoms with E-state index in [0.29, 0.717) is 21.3 Å². The van der Waals surface area contributed by atoms with Crippen LogP contribution in [0.1, 0.15) is 33.0 Å². The Bertz CT molecular complexity index is 1150. The Morgan fingerprint density at radius 2 is 1.73 bits per heavy atom. The lowest BCUT2D eigenvalue weighted by atomic mass is 9.91. The zero-order valence-corrected chi connectivity index (χ0v) is 17.2. The van der Waals surface area contributed by atoms with E-state index in [9.17, 15) is 20.2 Å². The number of rotatable bonds is 5. The SMILES string of the molecule is Cc1cc([C@H](C#N)c2ccc(Cl)cc2)c(Cl)cc1NC(=O)c1ccc([N+](=O)[O-])cc1. The van der Waals surface area contributed by atoms with Crippen molar-refractivity contribution in [3.63, 3.8) is 0 Å². The van der Waals surface area contributed by atoms with Crippen LogP contribution in [0.3, 0.4) is 0 Å². The second-order valence-electron chi connectivity index (χ2n) is 6.56. The van der Waals surface area contributed by atoms with Crippen molar-refractivity contribution < 1.29 is 9.72 Å². The minimum Gasteiger partial charge on any atom is -0.322 e. The van der Waals surface area contributed by atoms with Crippen LogP contribution in [0.5, 0.6) is 0 Å². The first-order valence-corrected chi connectivity index (χ1v) is 9.56. The van der Waals surface area contributed by atoms with Crippen LogP contribution in [0.4, 0.5) is 11.4 Å². The highest BCUT2D eigenvalue weighted by Crippen LogP contribution is 2.34. The number of halogens is 2. The van der Waals surface area contributed by atoms with Gasteiger partial charge in [-0.1, -0.05) is 41.4 Å². The number of nitro benzene ring substituents is 1. The van der Waals surface area contributed by atoms with Crippen molar-refractivity contribution in [2.75, 3.05) is 5.32 Å². The number of amides is 1. The van der Waals surface area contributed by atoms with Crippen LogP contribution in [0, 0.1) is 28.4 Å². The molecule has 0 aliphatic heterocycles. The quantitative estimate of drug-likeness (QED) is 0.382. The molecule has 3 aromatic rings. The van der Waals surface area contributed by atoms with Gasteiger partial charge in [0.2, 0.25) is 0 Å². The van der Waals surface area contributed by atoms with Crippen LogP contribution in [-0.2, 0) is 0 Å². The van der Waals surface area contributed by atoms with Gasteiger partial charge in [0, 0.05) is 33.4 Å². The van der Waals surface area contributed by atoms with Crippen molar-refractivity contribution in [3.05, 3.63) is 103 Å². The highest BCUT2D eigenvalue weighted by Gasteiger charge is 2.19. The van der Waals surface area contributed by atoms with E-state index < -0.39 is 16.7 Å². The molecule has 0 aromatic heterocycles. The molecule has 0 aliphatic rings. The van der Waals surface area contributed by atoms with Crippen LogP contribution >= 0.6 is 23.2 Å². The van der Waals surface area contributed by atoms with E-state index in [-0.39, 0.29) is 11.3 Å². The number of nitrogens with one attached hydrogen (secondary N) is 1. The Balaban J connectivity index is 1.87. The van der Waals surface area contributed by atoms with Crippen LogP contribution in [0.2, 0.25) is 10.0 Å². The highest BCUT2D eigenvalue weighted by molar-refractivity contribution is 6.32. The molecule has 0 heterocycles. The van der Waals surface area contributed by atoms with E-state index in [2.05, 4.69) is 11.4 Å². The fourth-order valence-corrected chi connectivity index (χ4v) is 3.37. The van der Waals surface area contributed by atoms with E-state index in [4.69, 9.17) is 23.2 Å². The van der Waals surface area contributed by atoms with Gasteiger partial charge in [-0.05, 0) is 53.9 Å². The van der Waals surface area contributed by atoms with Crippen molar-refractivity contribution in [1.82, 2.24) is 0 Å². The number of anilines is 1. The number of hydrogen-bond donors (Lipinski definition) is 1. The van der Waals surface area contributed by atoms with Gasteiger partial charge >= 0.3 is 0 Å². The molecule has 0 fully saturated rings. The molecular formula is C22H15Cl2N3O3. The molecule has 0 spiro atoms. The standard InChI is InChI=1S/C22H15Cl2N3O3/c1-13-10-18(19(12-25)14-2-6-16(23)7-3-14)20(24)11-21(13)26-22(28)15-4-8-17(9-5-15)27(29)30/h2-11,19H,1H3,(H,26,28)/t19-/m1/s1. The smallest absolute Gasteiger partial charge is 0.269 e.